The Labute approximate surface area is 119 Å². The molecule has 4 heteroatoms. The average molecular weight is 275 g/mol. The summed E-state index contributed by atoms with van der Waals surface area (Å²) in [5.41, 5.74) is 0.615. The first kappa shape index (κ1) is 13.6. The van der Waals surface area contributed by atoms with Crippen LogP contribution in [0.1, 0.15) is 31.2 Å². The lowest BCUT2D eigenvalue weighted by Crippen LogP contribution is -2.45. The quantitative estimate of drug-likeness (QED) is 0.848. The fourth-order valence-corrected chi connectivity index (χ4v) is 3.60. The summed E-state index contributed by atoms with van der Waals surface area (Å²) >= 11 is 0. The second-order valence-corrected chi connectivity index (χ2v) is 6.00. The molecule has 1 aromatic rings. The molecule has 0 bridgehead atoms. The Kier molecular flexibility index (Phi) is 3.52. The fraction of sp³-hybridized carbons (Fsp3) is 0.562. The molecule has 2 fully saturated rings. The average Bonchev–Trinajstić information content (AvgIpc) is 3.08. The minimum atomic E-state index is -0.812. The van der Waals surface area contributed by atoms with E-state index in [2.05, 4.69) is 0 Å². The van der Waals surface area contributed by atoms with Crippen LogP contribution in [-0.2, 0) is 10.2 Å². The molecule has 1 aliphatic carbocycles. The van der Waals surface area contributed by atoms with E-state index in [-0.39, 0.29) is 19.0 Å². The van der Waals surface area contributed by atoms with E-state index in [1.54, 1.807) is 4.90 Å². The largest absolute Gasteiger partial charge is 0.388 e. The lowest BCUT2D eigenvalue weighted by molar-refractivity contribution is -0.136. The lowest BCUT2D eigenvalue weighted by atomic mass is 9.77. The maximum atomic E-state index is 13.0. The molecule has 0 unspecified atom stereocenters. The summed E-state index contributed by atoms with van der Waals surface area (Å²) in [5, 5.41) is 19.3. The molecule has 0 radical (unpaired) electrons. The van der Waals surface area contributed by atoms with Gasteiger partial charge in [-0.25, -0.2) is 0 Å². The Balaban J connectivity index is 1.90. The summed E-state index contributed by atoms with van der Waals surface area (Å²) in [6.45, 7) is 0.489. The van der Waals surface area contributed by atoms with Crippen molar-refractivity contribution in [3.05, 3.63) is 35.9 Å². The maximum Gasteiger partial charge on any atom is 0.233 e. The number of hydrogen-bond donors (Lipinski definition) is 2. The van der Waals surface area contributed by atoms with Gasteiger partial charge in [-0.1, -0.05) is 43.2 Å². The van der Waals surface area contributed by atoms with Crippen molar-refractivity contribution >= 4 is 5.91 Å². The second kappa shape index (κ2) is 5.19. The van der Waals surface area contributed by atoms with Crippen LogP contribution >= 0.6 is 0 Å². The van der Waals surface area contributed by atoms with Gasteiger partial charge in [0.1, 0.15) is 0 Å². The van der Waals surface area contributed by atoms with Gasteiger partial charge >= 0.3 is 0 Å². The maximum absolute atomic E-state index is 13.0. The number of carbonyl (C=O) groups is 1. The number of likely N-dealkylation sites (tertiary alicyclic amines) is 1. The van der Waals surface area contributed by atoms with E-state index in [9.17, 15) is 15.0 Å². The number of rotatable bonds is 2. The normalized spacial score (nSPS) is 28.8. The number of aliphatic hydroxyl groups excluding tert-OH is 2. The number of β-amino-alcohol motifs (C(OH)–C–C–N with tert-alkyl or cyclic N) is 2. The van der Waals surface area contributed by atoms with Gasteiger partial charge in [-0.3, -0.25) is 4.79 Å². The molecule has 20 heavy (non-hydrogen) atoms. The van der Waals surface area contributed by atoms with Gasteiger partial charge in [0.25, 0.3) is 0 Å². The molecule has 3 rings (SSSR count). The summed E-state index contributed by atoms with van der Waals surface area (Å²) in [5.74, 6) is 0.0665. The minimum Gasteiger partial charge on any atom is -0.388 e. The van der Waals surface area contributed by atoms with Crippen LogP contribution in [0.4, 0.5) is 0 Å². The number of benzene rings is 1. The van der Waals surface area contributed by atoms with Crippen molar-refractivity contribution in [2.45, 2.75) is 43.3 Å². The van der Waals surface area contributed by atoms with Crippen molar-refractivity contribution in [3.8, 4) is 0 Å². The van der Waals surface area contributed by atoms with Gasteiger partial charge in [0.05, 0.1) is 17.6 Å². The lowest BCUT2D eigenvalue weighted by Gasteiger charge is -2.32. The highest BCUT2D eigenvalue weighted by molar-refractivity contribution is 5.89. The predicted molar refractivity (Wildman–Crippen MR) is 75.2 cm³/mol. The molecule has 1 amide bonds. The van der Waals surface area contributed by atoms with Gasteiger partial charge < -0.3 is 15.1 Å². The van der Waals surface area contributed by atoms with Crippen molar-refractivity contribution in [2.75, 3.05) is 13.1 Å². The molecule has 108 valence electrons. The van der Waals surface area contributed by atoms with Gasteiger partial charge in [0, 0.05) is 13.1 Å². The molecule has 1 saturated heterocycles. The third kappa shape index (κ3) is 2.13. The van der Waals surface area contributed by atoms with Gasteiger partial charge in [0.2, 0.25) is 5.91 Å². The van der Waals surface area contributed by atoms with E-state index < -0.39 is 17.6 Å². The monoisotopic (exact) mass is 275 g/mol. The van der Waals surface area contributed by atoms with Crippen molar-refractivity contribution < 1.29 is 15.0 Å². The fourth-order valence-electron chi connectivity index (χ4n) is 3.60. The molecule has 2 N–H and O–H groups in total. The Morgan fingerprint density at radius 1 is 1.05 bits per heavy atom. The van der Waals surface area contributed by atoms with Gasteiger partial charge in [-0.05, 0) is 18.4 Å². The smallest absolute Gasteiger partial charge is 0.233 e. The highest BCUT2D eigenvalue weighted by atomic mass is 16.3. The Morgan fingerprint density at radius 3 is 2.15 bits per heavy atom. The van der Waals surface area contributed by atoms with E-state index in [0.717, 1.165) is 31.2 Å². The molecule has 0 spiro atoms. The zero-order valence-electron chi connectivity index (χ0n) is 11.5. The number of carbonyl (C=O) groups excluding carboxylic acids is 1. The molecule has 2 aliphatic rings. The van der Waals surface area contributed by atoms with E-state index in [1.165, 1.54) is 0 Å². The van der Waals surface area contributed by atoms with Crippen LogP contribution in [-0.4, -0.2) is 46.3 Å². The molecule has 1 saturated carbocycles. The Hall–Kier alpha value is -1.39. The topological polar surface area (TPSA) is 60.8 Å². The van der Waals surface area contributed by atoms with Crippen LogP contribution in [0.25, 0.3) is 0 Å². The van der Waals surface area contributed by atoms with E-state index >= 15 is 0 Å². The van der Waals surface area contributed by atoms with Gasteiger partial charge in [-0.2, -0.15) is 0 Å². The Morgan fingerprint density at radius 2 is 1.60 bits per heavy atom. The van der Waals surface area contributed by atoms with E-state index in [0.29, 0.717) is 0 Å². The summed E-state index contributed by atoms with van der Waals surface area (Å²) < 4.78 is 0. The number of aliphatic hydroxyl groups is 2. The van der Waals surface area contributed by atoms with Crippen LogP contribution < -0.4 is 0 Å². The molecule has 4 nitrogen and oxygen atoms in total. The van der Waals surface area contributed by atoms with Crippen LogP contribution in [0, 0.1) is 0 Å². The third-order valence-electron chi connectivity index (χ3n) is 4.74. The van der Waals surface area contributed by atoms with Crippen molar-refractivity contribution in [3.63, 3.8) is 0 Å². The van der Waals surface area contributed by atoms with E-state index in [4.69, 9.17) is 0 Å². The number of nitrogens with zero attached hydrogens (tertiary/aromatic N) is 1. The summed E-state index contributed by atoms with van der Waals surface area (Å²) in [7, 11) is 0. The molecule has 0 aromatic heterocycles. The van der Waals surface area contributed by atoms with Crippen molar-refractivity contribution in [2.24, 2.45) is 0 Å². The third-order valence-corrected chi connectivity index (χ3v) is 4.74. The minimum absolute atomic E-state index is 0.0665. The SMILES string of the molecule is O=C(N1C[C@@H](O)[C@@H](O)C1)C1(c2ccccc2)CCCC1. The first-order chi connectivity index (χ1) is 9.63. The molecule has 1 heterocycles. The van der Waals surface area contributed by atoms with Crippen molar-refractivity contribution in [1.29, 1.82) is 0 Å². The predicted octanol–water partition coefficient (Wildman–Crippen LogP) is 1.06. The first-order valence-electron chi connectivity index (χ1n) is 7.34. The van der Waals surface area contributed by atoms with Gasteiger partial charge in [0.15, 0.2) is 0 Å². The molecular weight excluding hydrogens is 254 g/mol. The summed E-state index contributed by atoms with van der Waals surface area (Å²) in [6.07, 6.45) is 2.21. The second-order valence-electron chi connectivity index (χ2n) is 6.00. The highest BCUT2D eigenvalue weighted by Crippen LogP contribution is 2.43. The Bertz CT molecular complexity index is 472. The molecule has 2 atom stereocenters. The van der Waals surface area contributed by atoms with Crippen LogP contribution in [0.15, 0.2) is 30.3 Å². The van der Waals surface area contributed by atoms with Crippen molar-refractivity contribution in [1.82, 2.24) is 4.90 Å². The number of amides is 1. The zero-order valence-corrected chi connectivity index (χ0v) is 11.5. The molecule has 1 aromatic carbocycles. The van der Waals surface area contributed by atoms with E-state index in [1.807, 2.05) is 30.3 Å². The van der Waals surface area contributed by atoms with Crippen LogP contribution in [0.3, 0.4) is 0 Å². The summed E-state index contributed by atoms with van der Waals surface area (Å²) in [6, 6.07) is 9.94. The molecule has 1 aliphatic heterocycles. The zero-order chi connectivity index (χ0) is 14.2. The van der Waals surface area contributed by atoms with Gasteiger partial charge in [-0.15, -0.1) is 0 Å². The van der Waals surface area contributed by atoms with Crippen LogP contribution in [0.5, 0.6) is 0 Å². The van der Waals surface area contributed by atoms with Crippen LogP contribution in [0.2, 0.25) is 0 Å². The highest BCUT2D eigenvalue weighted by Gasteiger charge is 2.47. The molecular formula is C16H21NO3. The number of hydrogen-bond acceptors (Lipinski definition) is 3. The summed E-state index contributed by atoms with van der Waals surface area (Å²) in [4.78, 5) is 14.6. The first-order valence-corrected chi connectivity index (χ1v) is 7.34. The standard InChI is InChI=1S/C16H21NO3/c18-13-10-17(11-14(13)19)15(20)16(8-4-5-9-16)12-6-2-1-3-7-12/h1-3,6-7,13-14,18-19H,4-5,8-11H2/t13-,14+.